The summed E-state index contributed by atoms with van der Waals surface area (Å²) in [5.41, 5.74) is 16.2. The fourth-order valence-corrected chi connectivity index (χ4v) is 7.76. The number of hydrogen-bond donors (Lipinski definition) is 2. The fraction of sp³-hybridized carbons (Fsp3) is 0.300. The highest BCUT2D eigenvalue weighted by molar-refractivity contribution is 5.24. The van der Waals surface area contributed by atoms with Gasteiger partial charge < -0.3 is 42.2 Å². The molecule has 502 valence electrons. The molecule has 0 aliphatic carbocycles. The fourth-order valence-electron chi connectivity index (χ4n) is 7.76. The maximum absolute atomic E-state index is 12.4. The number of rotatable bonds is 8. The number of aliphatic hydroxyl groups excluding tert-OH is 2. The standard InChI is InChI=1S/2C9H12O.C8H13N.2C8H10O.2C7H6F2.C7H11N.C6H9N.C6H8O.C5H6O/c1-8-3-5-9(6-4-8)7-10-2;1-8-4-3-5-9(6-8)7-10-2;1-7(2)9-6-4-5-8(9)3;1-7-2-4-8(6-9)5-3-7;1-7-3-2-4-8(5-7)6-9;1-5-6(8)3-2-4-7(5)9;1-5-3-2-4-6(8)7(5)9;1-3-8-6-4-5-7(8)2;1-6-4-3-5-7(6)2;1-5-3-4-7-6(5)2;1-5-2-3-6-4-5/h2*3-6H,7H2,1-2H3;4-7H,1-3H3;2*2-5,9H,6H2,1H3;2*2-4H,1H3;4-6H,3H2,1-2H3;3-5H,1-2H3;3-4H,1-2H3;2-4H,1H3. The molecule has 11 rings (SSSR count). The van der Waals surface area contributed by atoms with Crippen molar-refractivity contribution in [2.45, 2.75) is 143 Å². The zero-order chi connectivity index (χ0) is 69.7. The molecule has 6 aromatic carbocycles. The molecule has 0 aliphatic heterocycles. The normalized spacial score (nSPS) is 9.69. The third-order valence-electron chi connectivity index (χ3n) is 13.7. The van der Waals surface area contributed by atoms with E-state index in [1.807, 2.05) is 121 Å². The van der Waals surface area contributed by atoms with Crippen LogP contribution in [0.5, 0.6) is 0 Å². The number of benzene rings is 6. The molecular formula is C80H103F4N3O6. The van der Waals surface area contributed by atoms with Gasteiger partial charge in [-0.3, -0.25) is 0 Å². The monoisotopic (exact) mass is 1280 g/mol. The Morgan fingerprint density at radius 1 is 0.441 bits per heavy atom. The number of aliphatic hydroxyl groups is 2. The van der Waals surface area contributed by atoms with E-state index in [2.05, 4.69) is 154 Å². The quantitative estimate of drug-likeness (QED) is 0.147. The Hall–Kier alpha value is -8.72. The number of methoxy groups -OCH3 is 2. The smallest absolute Gasteiger partial charge is 0.161 e. The van der Waals surface area contributed by atoms with Crippen molar-refractivity contribution in [1.82, 2.24) is 13.7 Å². The molecule has 0 amide bonds. The number of ether oxygens (including phenoxy) is 2. The second-order valence-electron chi connectivity index (χ2n) is 22.2. The number of aryl methyl sites for hydroxylation is 13. The molecule has 0 bridgehead atoms. The van der Waals surface area contributed by atoms with Gasteiger partial charge in [0.15, 0.2) is 11.6 Å². The summed E-state index contributed by atoms with van der Waals surface area (Å²) < 4.78 is 75.4. The summed E-state index contributed by atoms with van der Waals surface area (Å²) >= 11 is 0. The predicted molar refractivity (Wildman–Crippen MR) is 376 cm³/mol. The minimum Gasteiger partial charge on any atom is -0.472 e. The van der Waals surface area contributed by atoms with Crippen molar-refractivity contribution in [3.8, 4) is 0 Å². The second-order valence-corrected chi connectivity index (χ2v) is 22.2. The molecule has 9 nitrogen and oxygen atoms in total. The second kappa shape index (κ2) is 48.1. The molecule has 0 saturated heterocycles. The van der Waals surface area contributed by atoms with Crippen LogP contribution < -0.4 is 0 Å². The molecule has 5 heterocycles. The summed E-state index contributed by atoms with van der Waals surface area (Å²) in [4.78, 5) is 0. The summed E-state index contributed by atoms with van der Waals surface area (Å²) in [5, 5.41) is 17.3. The van der Waals surface area contributed by atoms with Crippen LogP contribution in [0.3, 0.4) is 0 Å². The Morgan fingerprint density at radius 2 is 0.925 bits per heavy atom. The lowest BCUT2D eigenvalue weighted by atomic mass is 10.1. The maximum Gasteiger partial charge on any atom is 0.161 e. The first-order valence-corrected chi connectivity index (χ1v) is 30.9. The first-order chi connectivity index (χ1) is 44.3. The first kappa shape index (κ1) is 82.3. The molecule has 2 N–H and O–H groups in total. The lowest BCUT2D eigenvalue weighted by Crippen LogP contribution is -1.99. The van der Waals surface area contributed by atoms with E-state index in [-0.39, 0.29) is 18.8 Å². The van der Waals surface area contributed by atoms with Crippen LogP contribution in [0.1, 0.15) is 116 Å². The highest BCUT2D eigenvalue weighted by atomic mass is 19.2. The van der Waals surface area contributed by atoms with Gasteiger partial charge in [-0.05, 0) is 210 Å². The van der Waals surface area contributed by atoms with Crippen molar-refractivity contribution in [1.29, 1.82) is 0 Å². The van der Waals surface area contributed by atoms with Crippen LogP contribution in [-0.4, -0.2) is 38.1 Å². The van der Waals surface area contributed by atoms with E-state index in [1.54, 1.807) is 33.0 Å². The molecule has 13 heteroatoms. The predicted octanol–water partition coefficient (Wildman–Crippen LogP) is 20.8. The lowest BCUT2D eigenvalue weighted by molar-refractivity contribution is 0.185. The summed E-state index contributed by atoms with van der Waals surface area (Å²) in [6.07, 6.45) is 11.3. The highest BCUT2D eigenvalue weighted by Gasteiger charge is 2.02. The Kier molecular flexibility index (Phi) is 42.6. The third-order valence-corrected chi connectivity index (χ3v) is 13.7. The topological polar surface area (TPSA) is 100.0 Å². The van der Waals surface area contributed by atoms with Gasteiger partial charge in [-0.25, -0.2) is 17.6 Å². The van der Waals surface area contributed by atoms with Gasteiger partial charge in [0, 0.05) is 75.1 Å². The Morgan fingerprint density at radius 3 is 1.24 bits per heavy atom. The molecule has 0 spiro atoms. The first-order valence-electron chi connectivity index (χ1n) is 30.9. The summed E-state index contributed by atoms with van der Waals surface area (Å²) in [6, 6.07) is 57.2. The average Bonchev–Trinajstić information content (AvgIpc) is 3.25. The molecule has 0 saturated carbocycles. The Bertz CT molecular complexity index is 3470. The number of hydrogen-bond acceptors (Lipinski definition) is 6. The van der Waals surface area contributed by atoms with Crippen LogP contribution >= 0.6 is 0 Å². The molecule has 5 aromatic heterocycles. The van der Waals surface area contributed by atoms with Crippen molar-refractivity contribution < 1.29 is 46.1 Å². The molecule has 0 radical (unpaired) electrons. The summed E-state index contributed by atoms with van der Waals surface area (Å²) in [5.74, 6) is -1.50. The van der Waals surface area contributed by atoms with E-state index < -0.39 is 23.3 Å². The lowest BCUT2D eigenvalue weighted by Gasteiger charge is -2.08. The van der Waals surface area contributed by atoms with Gasteiger partial charge in [0.05, 0.1) is 45.2 Å². The van der Waals surface area contributed by atoms with E-state index in [9.17, 15) is 17.6 Å². The minimum atomic E-state index is -0.782. The van der Waals surface area contributed by atoms with Crippen molar-refractivity contribution >= 4 is 0 Å². The highest BCUT2D eigenvalue weighted by Crippen LogP contribution is 2.12. The van der Waals surface area contributed by atoms with Crippen LogP contribution in [0.4, 0.5) is 17.6 Å². The molecular weight excluding hydrogens is 1170 g/mol. The molecule has 0 atom stereocenters. The molecule has 0 fully saturated rings. The van der Waals surface area contributed by atoms with Gasteiger partial charge in [-0.2, -0.15) is 0 Å². The SMILES string of the molecule is CCn1cccc1C.COCc1ccc(C)cc1.COCc1cccc(C)c1.Cc1c(F)cccc1F.Cc1ccc(CO)cc1.Cc1cccc(CO)c1.Cc1cccc(F)c1F.Cc1cccn1C.Cc1cccn1C(C)C.Cc1ccoc1.Cc1ccoc1C. The Balaban J connectivity index is 0.000000513. The largest absolute Gasteiger partial charge is 0.472 e. The van der Waals surface area contributed by atoms with E-state index in [0.717, 1.165) is 29.5 Å². The van der Waals surface area contributed by atoms with Crippen LogP contribution in [0.25, 0.3) is 0 Å². The van der Waals surface area contributed by atoms with Crippen LogP contribution in [0.15, 0.2) is 228 Å². The van der Waals surface area contributed by atoms with Gasteiger partial charge in [-0.15, -0.1) is 0 Å². The van der Waals surface area contributed by atoms with E-state index in [1.165, 1.54) is 106 Å². The molecule has 93 heavy (non-hydrogen) atoms. The molecule has 0 unspecified atom stereocenters. The number of nitrogens with zero attached hydrogens (tertiary/aromatic N) is 3. The van der Waals surface area contributed by atoms with Gasteiger partial charge in [0.2, 0.25) is 0 Å². The van der Waals surface area contributed by atoms with Crippen molar-refractivity contribution in [2.75, 3.05) is 14.2 Å². The molecule has 0 aliphatic rings. The van der Waals surface area contributed by atoms with Gasteiger partial charge in [0.25, 0.3) is 0 Å². The van der Waals surface area contributed by atoms with Crippen molar-refractivity contribution in [3.05, 3.63) is 332 Å². The van der Waals surface area contributed by atoms with E-state index >= 15 is 0 Å². The minimum absolute atomic E-state index is 0.0810. The number of halogens is 4. The van der Waals surface area contributed by atoms with Crippen LogP contribution in [0, 0.1) is 106 Å². The van der Waals surface area contributed by atoms with E-state index in [4.69, 9.17) is 28.5 Å². The zero-order valence-electron chi connectivity index (χ0n) is 58.3. The average molecular weight is 1280 g/mol. The number of aromatic nitrogens is 3. The van der Waals surface area contributed by atoms with E-state index in [0.29, 0.717) is 24.8 Å². The summed E-state index contributed by atoms with van der Waals surface area (Å²) in [7, 11) is 5.46. The zero-order valence-corrected chi connectivity index (χ0v) is 58.3. The Labute approximate surface area is 553 Å². The summed E-state index contributed by atoms with van der Waals surface area (Å²) in [6.45, 7) is 32.7. The van der Waals surface area contributed by atoms with Crippen LogP contribution in [-0.2, 0) is 49.5 Å². The van der Waals surface area contributed by atoms with Crippen molar-refractivity contribution in [2.24, 2.45) is 7.05 Å². The third kappa shape index (κ3) is 36.8. The van der Waals surface area contributed by atoms with Gasteiger partial charge in [-0.1, -0.05) is 138 Å². The van der Waals surface area contributed by atoms with Crippen LogP contribution in [0.2, 0.25) is 0 Å². The van der Waals surface area contributed by atoms with Crippen molar-refractivity contribution in [3.63, 3.8) is 0 Å². The van der Waals surface area contributed by atoms with Gasteiger partial charge >= 0.3 is 0 Å². The van der Waals surface area contributed by atoms with Gasteiger partial charge in [0.1, 0.15) is 17.4 Å². The molecule has 11 aromatic rings. The maximum atomic E-state index is 12.4. The number of furan rings is 2.